The molecule has 12 heteroatoms. The zero-order valence-corrected chi connectivity index (χ0v) is 22.7. The Morgan fingerprint density at radius 1 is 0.690 bits per heavy atom. The van der Waals surface area contributed by atoms with Crippen LogP contribution in [0.4, 0.5) is 0 Å². The number of aliphatic hydroxyl groups excluding tert-OH is 5. The Balaban J connectivity index is 1.35. The molecule has 2 aliphatic heterocycles. The molecule has 0 amide bonds. The lowest BCUT2D eigenvalue weighted by Gasteiger charge is -2.42. The Morgan fingerprint density at radius 3 is 1.81 bits per heavy atom. The van der Waals surface area contributed by atoms with Crippen LogP contribution in [-0.2, 0) is 33.3 Å². The number of carbonyl (C=O) groups excluding carboxylic acids is 2. The van der Waals surface area contributed by atoms with Gasteiger partial charge in [0, 0.05) is 12.2 Å². The van der Waals surface area contributed by atoms with E-state index in [4.69, 9.17) is 23.7 Å². The van der Waals surface area contributed by atoms with E-state index in [0.29, 0.717) is 0 Å². The van der Waals surface area contributed by atoms with Gasteiger partial charge in [-0.3, -0.25) is 0 Å². The van der Waals surface area contributed by atoms with E-state index < -0.39 is 80.0 Å². The fraction of sp³-hybridized carbons (Fsp3) is 0.400. The number of benzene rings is 2. The lowest BCUT2D eigenvalue weighted by Crippen LogP contribution is -2.61. The third-order valence-electron chi connectivity index (χ3n) is 6.78. The number of hydrogen-bond acceptors (Lipinski definition) is 12. The van der Waals surface area contributed by atoms with Crippen molar-refractivity contribution in [1.29, 1.82) is 0 Å². The second-order valence-corrected chi connectivity index (χ2v) is 9.87. The quantitative estimate of drug-likeness (QED) is 0.199. The Labute approximate surface area is 242 Å². The van der Waals surface area contributed by atoms with Crippen LogP contribution < -0.4 is 0 Å². The maximum Gasteiger partial charge on any atom is 0.333 e. The molecule has 2 aromatic rings. The normalized spacial score (nSPS) is 33.5. The molecule has 2 fully saturated rings. The van der Waals surface area contributed by atoms with E-state index in [1.807, 2.05) is 12.1 Å². The van der Waals surface area contributed by atoms with Crippen molar-refractivity contribution in [3.63, 3.8) is 0 Å². The average Bonchev–Trinajstić information content (AvgIpc) is 3.00. The lowest BCUT2D eigenvalue weighted by molar-refractivity contribution is -0.323. The first-order valence-electron chi connectivity index (χ1n) is 13.3. The molecule has 0 radical (unpaired) electrons. The fourth-order valence-electron chi connectivity index (χ4n) is 4.40. The van der Waals surface area contributed by atoms with Crippen LogP contribution in [0.3, 0.4) is 0 Å². The van der Waals surface area contributed by atoms with Gasteiger partial charge in [-0.1, -0.05) is 60.7 Å². The zero-order valence-electron chi connectivity index (χ0n) is 22.7. The van der Waals surface area contributed by atoms with Crippen molar-refractivity contribution >= 4 is 24.1 Å². The van der Waals surface area contributed by atoms with E-state index in [-0.39, 0.29) is 0 Å². The number of carbonyl (C=O) groups is 2. The second kappa shape index (κ2) is 14.6. The lowest BCUT2D eigenvalue weighted by atomic mass is 9.98. The van der Waals surface area contributed by atoms with E-state index in [9.17, 15) is 35.1 Å². The minimum atomic E-state index is -1.76. The maximum atomic E-state index is 12.4. The van der Waals surface area contributed by atoms with Crippen LogP contribution in [0.5, 0.6) is 0 Å². The molecule has 0 unspecified atom stereocenters. The fourth-order valence-corrected chi connectivity index (χ4v) is 4.40. The van der Waals surface area contributed by atoms with Gasteiger partial charge in [0.05, 0.1) is 12.7 Å². The van der Waals surface area contributed by atoms with Gasteiger partial charge in [-0.05, 0) is 30.2 Å². The Kier molecular flexibility index (Phi) is 11.0. The van der Waals surface area contributed by atoms with Crippen LogP contribution >= 0.6 is 0 Å². The van der Waals surface area contributed by atoms with Gasteiger partial charge in [-0.15, -0.1) is 0 Å². The predicted molar refractivity (Wildman–Crippen MR) is 146 cm³/mol. The molecule has 0 aromatic heterocycles. The highest BCUT2D eigenvalue weighted by Crippen LogP contribution is 2.27. The van der Waals surface area contributed by atoms with Gasteiger partial charge in [-0.25, -0.2) is 9.59 Å². The van der Waals surface area contributed by atoms with Crippen LogP contribution in [-0.4, -0.2) is 105 Å². The van der Waals surface area contributed by atoms with Crippen LogP contribution in [0.15, 0.2) is 72.8 Å². The number of aliphatic hydroxyl groups is 5. The first-order chi connectivity index (χ1) is 20.1. The van der Waals surface area contributed by atoms with Gasteiger partial charge in [0.25, 0.3) is 0 Å². The Morgan fingerprint density at radius 2 is 1.24 bits per heavy atom. The molecule has 0 aliphatic carbocycles. The minimum Gasteiger partial charge on any atom is -0.453 e. The second-order valence-electron chi connectivity index (χ2n) is 9.87. The van der Waals surface area contributed by atoms with Crippen molar-refractivity contribution in [3.8, 4) is 0 Å². The summed E-state index contributed by atoms with van der Waals surface area (Å²) in [5, 5.41) is 52.3. The van der Waals surface area contributed by atoms with E-state index in [1.165, 1.54) is 19.1 Å². The number of esters is 2. The van der Waals surface area contributed by atoms with Gasteiger partial charge in [0.15, 0.2) is 12.4 Å². The number of rotatable bonds is 9. The maximum absolute atomic E-state index is 12.4. The van der Waals surface area contributed by atoms with Gasteiger partial charge in [0.1, 0.15) is 36.6 Å². The molecule has 2 heterocycles. The Hall–Kier alpha value is -3.46. The van der Waals surface area contributed by atoms with E-state index in [0.717, 1.165) is 23.3 Å². The third kappa shape index (κ3) is 8.09. The summed E-state index contributed by atoms with van der Waals surface area (Å²) in [4.78, 5) is 24.7. The van der Waals surface area contributed by atoms with Gasteiger partial charge < -0.3 is 49.2 Å². The highest BCUT2D eigenvalue weighted by atomic mass is 16.7. The van der Waals surface area contributed by atoms with Crippen LogP contribution in [0.1, 0.15) is 18.1 Å². The number of ether oxygens (including phenoxy) is 5. The average molecular weight is 587 g/mol. The molecule has 10 atom stereocenters. The van der Waals surface area contributed by atoms with Crippen LogP contribution in [0, 0.1) is 0 Å². The van der Waals surface area contributed by atoms with Gasteiger partial charge in [-0.2, -0.15) is 0 Å². The first kappa shape index (κ1) is 31.5. The summed E-state index contributed by atoms with van der Waals surface area (Å²) in [7, 11) is 0. The molecular formula is C30H34O12. The molecule has 2 aromatic carbocycles. The van der Waals surface area contributed by atoms with Crippen LogP contribution in [0.25, 0.3) is 12.2 Å². The van der Waals surface area contributed by atoms with Gasteiger partial charge >= 0.3 is 11.9 Å². The molecule has 5 N–H and O–H groups in total. The topological polar surface area (TPSA) is 181 Å². The van der Waals surface area contributed by atoms with E-state index in [2.05, 4.69) is 0 Å². The highest BCUT2D eigenvalue weighted by molar-refractivity contribution is 5.87. The standard InChI is InChI=1S/C30H34O12/c1-17-23(33)28(41-21(31)14-12-18-8-4-2-5-9-18)27(37)29(39-17)38-16-20-24(34)25(35)26(36)30(40-20)42-22(32)15-13-19-10-6-3-7-11-19/h2-15,17,20,23-30,33-37H,16H2,1H3/b14-12+,15-13+/t17-,20+,23-,24+,25-,26+,27+,28+,29+,30-/m0/s1. The SMILES string of the molecule is C[C@@H]1O[C@@H](OC[C@H]2O[C@@H](OC(=O)/C=C/c3ccccc3)[C@H](O)[C@@H](O)[C@@H]2O)[C@H](O)[C@H](OC(=O)/C=C/c2ccccc2)[C@H]1O. The number of hydrogen-bond donors (Lipinski definition) is 5. The van der Waals surface area contributed by atoms with Crippen molar-refractivity contribution in [2.45, 2.75) is 68.3 Å². The summed E-state index contributed by atoms with van der Waals surface area (Å²) < 4.78 is 27.0. The summed E-state index contributed by atoms with van der Waals surface area (Å²) in [6.07, 6.45) is -9.68. The van der Waals surface area contributed by atoms with Gasteiger partial charge in [0.2, 0.25) is 6.29 Å². The minimum absolute atomic E-state index is 0.502. The Bertz CT molecular complexity index is 1220. The molecule has 12 nitrogen and oxygen atoms in total. The van der Waals surface area contributed by atoms with Crippen molar-refractivity contribution in [3.05, 3.63) is 83.9 Å². The molecule has 2 aliphatic rings. The molecule has 0 saturated carbocycles. The molecule has 2 saturated heterocycles. The van der Waals surface area contributed by atoms with E-state index in [1.54, 1.807) is 48.5 Å². The zero-order chi connectivity index (χ0) is 30.2. The molecule has 42 heavy (non-hydrogen) atoms. The highest BCUT2D eigenvalue weighted by Gasteiger charge is 2.48. The first-order valence-corrected chi connectivity index (χ1v) is 13.3. The molecule has 0 spiro atoms. The van der Waals surface area contributed by atoms with Crippen LogP contribution in [0.2, 0.25) is 0 Å². The summed E-state index contributed by atoms with van der Waals surface area (Å²) in [6, 6.07) is 17.9. The molecule has 4 rings (SSSR count). The summed E-state index contributed by atoms with van der Waals surface area (Å²) >= 11 is 0. The monoisotopic (exact) mass is 586 g/mol. The van der Waals surface area contributed by atoms with Crippen molar-refractivity contribution in [2.75, 3.05) is 6.61 Å². The predicted octanol–water partition coefficient (Wildman–Crippen LogP) is 0.159. The smallest absolute Gasteiger partial charge is 0.333 e. The largest absolute Gasteiger partial charge is 0.453 e. The van der Waals surface area contributed by atoms with Crippen molar-refractivity contribution in [1.82, 2.24) is 0 Å². The molecular weight excluding hydrogens is 552 g/mol. The third-order valence-corrected chi connectivity index (χ3v) is 6.78. The van der Waals surface area contributed by atoms with Crippen molar-refractivity contribution < 1.29 is 58.8 Å². The van der Waals surface area contributed by atoms with E-state index >= 15 is 0 Å². The molecule has 226 valence electrons. The summed E-state index contributed by atoms with van der Waals surface area (Å²) in [6.45, 7) is 0.982. The summed E-state index contributed by atoms with van der Waals surface area (Å²) in [5.74, 6) is -1.69. The molecule has 0 bridgehead atoms. The van der Waals surface area contributed by atoms with Crippen molar-refractivity contribution in [2.24, 2.45) is 0 Å². The summed E-state index contributed by atoms with van der Waals surface area (Å²) in [5.41, 5.74) is 1.47.